The van der Waals surface area contributed by atoms with E-state index in [0.29, 0.717) is 0 Å². The van der Waals surface area contributed by atoms with Gasteiger partial charge in [-0.25, -0.2) is 0 Å². The summed E-state index contributed by atoms with van der Waals surface area (Å²) in [6.45, 7) is 9.02. The van der Waals surface area contributed by atoms with Gasteiger partial charge < -0.3 is 14.8 Å². The minimum atomic E-state index is -0.251. The summed E-state index contributed by atoms with van der Waals surface area (Å²) in [5.41, 5.74) is 5.38. The first-order valence-corrected chi connectivity index (χ1v) is 10.2. The van der Waals surface area contributed by atoms with E-state index >= 15 is 0 Å². The van der Waals surface area contributed by atoms with Crippen LogP contribution in [0.3, 0.4) is 0 Å². The molecule has 5 nitrogen and oxygen atoms in total. The van der Waals surface area contributed by atoms with Crippen LogP contribution in [0.4, 0.5) is 5.69 Å². The lowest BCUT2D eigenvalue weighted by atomic mass is 10.0. The molecule has 3 rings (SSSR count). The Kier molecular flexibility index (Phi) is 6.48. The predicted molar refractivity (Wildman–Crippen MR) is 117 cm³/mol. The highest BCUT2D eigenvalue weighted by Gasteiger charge is 2.35. The van der Waals surface area contributed by atoms with Gasteiger partial charge in [0.15, 0.2) is 0 Å². The van der Waals surface area contributed by atoms with Gasteiger partial charge in [0.2, 0.25) is 5.91 Å². The minimum Gasteiger partial charge on any atom is -0.497 e. The van der Waals surface area contributed by atoms with Crippen molar-refractivity contribution in [3.8, 4) is 11.5 Å². The van der Waals surface area contributed by atoms with Gasteiger partial charge >= 0.3 is 0 Å². The van der Waals surface area contributed by atoms with Crippen molar-refractivity contribution in [2.75, 3.05) is 26.1 Å². The van der Waals surface area contributed by atoms with Crippen LogP contribution >= 0.6 is 0 Å². The number of nitrogens with one attached hydrogen (secondary N) is 1. The van der Waals surface area contributed by atoms with Crippen LogP contribution in [-0.2, 0) is 4.79 Å². The molecule has 0 aromatic heterocycles. The quantitative estimate of drug-likeness (QED) is 0.762. The SMILES string of the molecule is COc1ccc(OC)c([C@H]2CCCN2[C@@H](C)C(=O)Nc2c(C)cc(C)cc2C)c1. The maximum atomic E-state index is 13.1. The molecule has 0 spiro atoms. The first-order chi connectivity index (χ1) is 13.8. The number of rotatable bonds is 6. The van der Waals surface area contributed by atoms with Gasteiger partial charge in [0.1, 0.15) is 11.5 Å². The third-order valence-corrected chi connectivity index (χ3v) is 5.89. The molecular weight excluding hydrogens is 364 g/mol. The van der Waals surface area contributed by atoms with Crippen molar-refractivity contribution in [1.82, 2.24) is 4.90 Å². The molecule has 29 heavy (non-hydrogen) atoms. The Morgan fingerprint density at radius 3 is 2.41 bits per heavy atom. The normalized spacial score (nSPS) is 17.8. The summed E-state index contributed by atoms with van der Waals surface area (Å²) in [5.74, 6) is 1.66. The number of ether oxygens (including phenoxy) is 2. The summed E-state index contributed by atoms with van der Waals surface area (Å²) in [4.78, 5) is 15.4. The van der Waals surface area contributed by atoms with Crippen LogP contribution in [0.25, 0.3) is 0 Å². The number of methoxy groups -OCH3 is 2. The van der Waals surface area contributed by atoms with Gasteiger partial charge in [0.25, 0.3) is 0 Å². The Hall–Kier alpha value is -2.53. The molecule has 2 atom stereocenters. The van der Waals surface area contributed by atoms with Crippen LogP contribution in [0.2, 0.25) is 0 Å². The summed E-state index contributed by atoms with van der Waals surface area (Å²) in [6, 6.07) is 9.95. The van der Waals surface area contributed by atoms with Crippen LogP contribution < -0.4 is 14.8 Å². The highest BCUT2D eigenvalue weighted by atomic mass is 16.5. The Labute approximate surface area is 174 Å². The Bertz CT molecular complexity index is 871. The number of aryl methyl sites for hydroxylation is 3. The van der Waals surface area contributed by atoms with Gasteiger partial charge in [-0.1, -0.05) is 17.7 Å². The van der Waals surface area contributed by atoms with Crippen molar-refractivity contribution in [2.24, 2.45) is 0 Å². The second-order valence-corrected chi connectivity index (χ2v) is 7.94. The average molecular weight is 397 g/mol. The molecule has 5 heteroatoms. The second kappa shape index (κ2) is 8.87. The fourth-order valence-electron chi connectivity index (χ4n) is 4.44. The van der Waals surface area contributed by atoms with E-state index in [9.17, 15) is 4.79 Å². The van der Waals surface area contributed by atoms with Gasteiger partial charge in [-0.05, 0) is 76.4 Å². The standard InChI is InChI=1S/C24H32N2O3/c1-15-12-16(2)23(17(3)13-15)25-24(27)18(4)26-11-7-8-21(26)20-14-19(28-5)9-10-22(20)29-6/h9-10,12-14,18,21H,7-8,11H2,1-6H3,(H,25,27)/t18-,21+/m0/s1. The summed E-state index contributed by atoms with van der Waals surface area (Å²) < 4.78 is 11.0. The number of hydrogen-bond donors (Lipinski definition) is 1. The van der Waals surface area contributed by atoms with E-state index in [4.69, 9.17) is 9.47 Å². The van der Waals surface area contributed by atoms with Gasteiger partial charge in [-0.2, -0.15) is 0 Å². The minimum absolute atomic E-state index is 0.0221. The van der Waals surface area contributed by atoms with E-state index in [1.54, 1.807) is 14.2 Å². The molecule has 1 aliphatic rings. The van der Waals surface area contributed by atoms with Gasteiger partial charge in [0, 0.05) is 17.3 Å². The first kappa shape index (κ1) is 21.2. The molecule has 0 saturated carbocycles. The van der Waals surface area contributed by atoms with Crippen LogP contribution in [0.15, 0.2) is 30.3 Å². The molecule has 2 aromatic rings. The molecule has 1 heterocycles. The van der Waals surface area contributed by atoms with Crippen molar-refractivity contribution < 1.29 is 14.3 Å². The van der Waals surface area contributed by atoms with Gasteiger partial charge in [-0.15, -0.1) is 0 Å². The second-order valence-electron chi connectivity index (χ2n) is 7.94. The molecule has 1 N–H and O–H groups in total. The third-order valence-electron chi connectivity index (χ3n) is 5.89. The lowest BCUT2D eigenvalue weighted by Crippen LogP contribution is -2.41. The predicted octanol–water partition coefficient (Wildman–Crippen LogP) is 4.79. The van der Waals surface area contributed by atoms with E-state index in [1.807, 2.05) is 39.0 Å². The Morgan fingerprint density at radius 2 is 1.79 bits per heavy atom. The number of amides is 1. The molecule has 1 fully saturated rings. The third kappa shape index (κ3) is 4.40. The molecule has 1 saturated heterocycles. The fraction of sp³-hybridized carbons (Fsp3) is 0.458. The molecule has 156 valence electrons. The number of likely N-dealkylation sites (tertiary alicyclic amines) is 1. The van der Waals surface area contributed by atoms with E-state index in [-0.39, 0.29) is 18.0 Å². The fourth-order valence-corrected chi connectivity index (χ4v) is 4.44. The number of benzene rings is 2. The molecule has 0 radical (unpaired) electrons. The number of hydrogen-bond acceptors (Lipinski definition) is 4. The Morgan fingerprint density at radius 1 is 1.10 bits per heavy atom. The highest BCUT2D eigenvalue weighted by Crippen LogP contribution is 2.40. The number of anilines is 1. The number of carbonyl (C=O) groups excluding carboxylic acids is 1. The van der Waals surface area contributed by atoms with Crippen LogP contribution in [0.1, 0.15) is 48.1 Å². The summed E-state index contributed by atoms with van der Waals surface area (Å²) in [7, 11) is 3.35. The molecule has 0 bridgehead atoms. The first-order valence-electron chi connectivity index (χ1n) is 10.2. The van der Waals surface area contributed by atoms with E-state index in [0.717, 1.165) is 53.3 Å². The van der Waals surface area contributed by atoms with Crippen molar-refractivity contribution >= 4 is 11.6 Å². The zero-order valence-electron chi connectivity index (χ0n) is 18.3. The van der Waals surface area contributed by atoms with Crippen molar-refractivity contribution in [3.63, 3.8) is 0 Å². The van der Waals surface area contributed by atoms with Crippen LogP contribution in [-0.4, -0.2) is 37.6 Å². The van der Waals surface area contributed by atoms with Crippen LogP contribution in [0, 0.1) is 20.8 Å². The topological polar surface area (TPSA) is 50.8 Å². The zero-order chi connectivity index (χ0) is 21.1. The average Bonchev–Trinajstić information content (AvgIpc) is 3.18. The maximum absolute atomic E-state index is 13.1. The summed E-state index contributed by atoms with van der Waals surface area (Å²) in [5, 5.41) is 3.17. The summed E-state index contributed by atoms with van der Waals surface area (Å²) in [6.07, 6.45) is 2.04. The molecule has 0 aliphatic carbocycles. The molecule has 2 aromatic carbocycles. The largest absolute Gasteiger partial charge is 0.497 e. The molecule has 0 unspecified atom stereocenters. The molecule has 1 aliphatic heterocycles. The highest BCUT2D eigenvalue weighted by molar-refractivity contribution is 5.96. The van der Waals surface area contributed by atoms with E-state index in [1.165, 1.54) is 5.56 Å². The number of nitrogens with zero attached hydrogens (tertiary/aromatic N) is 1. The Balaban J connectivity index is 1.83. The zero-order valence-corrected chi connectivity index (χ0v) is 18.3. The van der Waals surface area contributed by atoms with E-state index < -0.39 is 0 Å². The van der Waals surface area contributed by atoms with Gasteiger partial charge in [-0.3, -0.25) is 9.69 Å². The summed E-state index contributed by atoms with van der Waals surface area (Å²) >= 11 is 0. The molecular formula is C24H32N2O3. The monoisotopic (exact) mass is 396 g/mol. The molecule has 1 amide bonds. The van der Waals surface area contributed by atoms with Crippen molar-refractivity contribution in [2.45, 2.75) is 52.6 Å². The van der Waals surface area contributed by atoms with Gasteiger partial charge in [0.05, 0.1) is 20.3 Å². The maximum Gasteiger partial charge on any atom is 0.241 e. The van der Waals surface area contributed by atoms with Crippen LogP contribution in [0.5, 0.6) is 11.5 Å². The lowest BCUT2D eigenvalue weighted by Gasteiger charge is -2.31. The smallest absolute Gasteiger partial charge is 0.241 e. The number of carbonyl (C=O) groups is 1. The van der Waals surface area contributed by atoms with Crippen molar-refractivity contribution in [3.05, 3.63) is 52.6 Å². The van der Waals surface area contributed by atoms with Crippen molar-refractivity contribution in [1.29, 1.82) is 0 Å². The van der Waals surface area contributed by atoms with E-state index in [2.05, 4.69) is 29.3 Å². The lowest BCUT2D eigenvalue weighted by molar-refractivity contribution is -0.121.